The summed E-state index contributed by atoms with van der Waals surface area (Å²) in [6, 6.07) is 14.2. The monoisotopic (exact) mass is 445 g/mol. The first-order chi connectivity index (χ1) is 13.4. The van der Waals surface area contributed by atoms with Crippen molar-refractivity contribution in [3.63, 3.8) is 0 Å². The average molecular weight is 446 g/mol. The van der Waals surface area contributed by atoms with Crippen molar-refractivity contribution in [2.45, 2.75) is 20.3 Å². The fraction of sp³-hybridized carbons (Fsp3) is 0.238. The van der Waals surface area contributed by atoms with E-state index in [1.165, 1.54) is 18.2 Å². The number of halogens is 2. The smallest absolute Gasteiger partial charge is 0.257 e. The minimum atomic E-state index is -0.368. The maximum absolute atomic E-state index is 13.0. The van der Waals surface area contributed by atoms with Crippen LogP contribution < -0.4 is 10.1 Å². The fourth-order valence-corrected chi connectivity index (χ4v) is 3.29. The van der Waals surface area contributed by atoms with Crippen molar-refractivity contribution in [2.24, 2.45) is 0 Å². The molecular formula is C21H21BrFN3O2. The number of rotatable bonds is 7. The van der Waals surface area contributed by atoms with Gasteiger partial charge in [-0.2, -0.15) is 5.10 Å². The molecule has 0 unspecified atom stereocenters. The van der Waals surface area contributed by atoms with Gasteiger partial charge in [0, 0.05) is 12.2 Å². The topological polar surface area (TPSA) is 56.2 Å². The van der Waals surface area contributed by atoms with Crippen LogP contribution in [-0.4, -0.2) is 28.8 Å². The third kappa shape index (κ3) is 5.19. The first-order valence-electron chi connectivity index (χ1n) is 8.89. The highest BCUT2D eigenvalue weighted by molar-refractivity contribution is 9.10. The highest BCUT2D eigenvalue weighted by Crippen LogP contribution is 2.25. The lowest BCUT2D eigenvalue weighted by Gasteiger charge is -2.09. The van der Waals surface area contributed by atoms with Gasteiger partial charge in [-0.25, -0.2) is 9.07 Å². The van der Waals surface area contributed by atoms with Crippen LogP contribution in [0.5, 0.6) is 5.75 Å². The maximum atomic E-state index is 13.0. The second-order valence-electron chi connectivity index (χ2n) is 6.47. The molecule has 1 N–H and O–H groups in total. The standard InChI is InChI=1S/C21H21BrFN3O2/c1-14-11-15(2)26(25-14)18-6-3-16(4-7-18)9-10-24-21(27)13-28-20-8-5-17(23)12-19(20)22/h3-8,11-12H,9-10,13H2,1-2H3,(H,24,27). The molecule has 28 heavy (non-hydrogen) atoms. The van der Waals surface area contributed by atoms with E-state index < -0.39 is 0 Å². The Balaban J connectivity index is 1.45. The molecule has 2 aromatic carbocycles. The first kappa shape index (κ1) is 20.1. The molecule has 146 valence electrons. The number of hydrogen-bond donors (Lipinski definition) is 1. The number of benzene rings is 2. The van der Waals surface area contributed by atoms with E-state index in [2.05, 4.69) is 26.3 Å². The van der Waals surface area contributed by atoms with E-state index in [-0.39, 0.29) is 18.3 Å². The first-order valence-corrected chi connectivity index (χ1v) is 9.69. The fourth-order valence-electron chi connectivity index (χ4n) is 2.83. The zero-order valence-corrected chi connectivity index (χ0v) is 17.3. The van der Waals surface area contributed by atoms with Crippen LogP contribution in [-0.2, 0) is 11.2 Å². The van der Waals surface area contributed by atoms with Crippen molar-refractivity contribution < 1.29 is 13.9 Å². The lowest BCUT2D eigenvalue weighted by molar-refractivity contribution is -0.123. The second kappa shape index (κ2) is 9.01. The number of carbonyl (C=O) groups is 1. The Hall–Kier alpha value is -2.67. The summed E-state index contributed by atoms with van der Waals surface area (Å²) in [6.07, 6.45) is 0.712. The van der Waals surface area contributed by atoms with Gasteiger partial charge in [-0.3, -0.25) is 4.79 Å². The van der Waals surface area contributed by atoms with E-state index in [0.29, 0.717) is 23.2 Å². The minimum absolute atomic E-state index is 0.124. The molecule has 0 aliphatic rings. The minimum Gasteiger partial charge on any atom is -0.483 e. The van der Waals surface area contributed by atoms with Crippen molar-refractivity contribution in [1.29, 1.82) is 0 Å². The SMILES string of the molecule is Cc1cc(C)n(-c2ccc(CCNC(=O)COc3ccc(F)cc3Br)cc2)n1. The molecule has 0 fully saturated rings. The van der Waals surface area contributed by atoms with Gasteiger partial charge < -0.3 is 10.1 Å². The zero-order chi connectivity index (χ0) is 20.1. The van der Waals surface area contributed by atoms with Crippen LogP contribution in [0.2, 0.25) is 0 Å². The third-order valence-corrected chi connectivity index (χ3v) is 4.80. The Labute approximate surface area is 171 Å². The highest BCUT2D eigenvalue weighted by Gasteiger charge is 2.07. The molecule has 1 heterocycles. The number of aromatic nitrogens is 2. The molecule has 0 aliphatic carbocycles. The summed E-state index contributed by atoms with van der Waals surface area (Å²) in [6.45, 7) is 4.38. The second-order valence-corrected chi connectivity index (χ2v) is 7.32. The normalized spacial score (nSPS) is 10.7. The summed E-state index contributed by atoms with van der Waals surface area (Å²) >= 11 is 3.21. The molecule has 0 radical (unpaired) electrons. The zero-order valence-electron chi connectivity index (χ0n) is 15.7. The number of amides is 1. The van der Waals surface area contributed by atoms with Crippen LogP contribution in [0, 0.1) is 19.7 Å². The molecule has 1 amide bonds. The van der Waals surface area contributed by atoms with Gasteiger partial charge in [0.25, 0.3) is 5.91 Å². The lowest BCUT2D eigenvalue weighted by atomic mass is 10.1. The van der Waals surface area contributed by atoms with Crippen LogP contribution in [0.25, 0.3) is 5.69 Å². The Morgan fingerprint density at radius 3 is 2.57 bits per heavy atom. The quantitative estimate of drug-likeness (QED) is 0.594. The van der Waals surface area contributed by atoms with E-state index in [0.717, 1.165) is 22.6 Å². The van der Waals surface area contributed by atoms with Gasteiger partial charge in [0.1, 0.15) is 11.6 Å². The number of ether oxygens (including phenoxy) is 1. The predicted octanol–water partition coefficient (Wildman–Crippen LogP) is 4.13. The summed E-state index contributed by atoms with van der Waals surface area (Å²) in [5.41, 5.74) is 4.20. The average Bonchev–Trinajstić information content (AvgIpc) is 3.00. The summed E-state index contributed by atoms with van der Waals surface area (Å²) in [7, 11) is 0. The number of carbonyl (C=O) groups excluding carboxylic acids is 1. The molecule has 0 saturated carbocycles. The molecule has 0 spiro atoms. The van der Waals surface area contributed by atoms with Crippen molar-refractivity contribution in [3.8, 4) is 11.4 Å². The molecule has 3 aromatic rings. The van der Waals surface area contributed by atoms with Gasteiger partial charge in [0.2, 0.25) is 0 Å². The van der Waals surface area contributed by atoms with Gasteiger partial charge in [-0.05, 0) is 78.2 Å². The maximum Gasteiger partial charge on any atom is 0.257 e. The van der Waals surface area contributed by atoms with Crippen molar-refractivity contribution in [1.82, 2.24) is 15.1 Å². The largest absolute Gasteiger partial charge is 0.483 e. The molecule has 0 bridgehead atoms. The van der Waals surface area contributed by atoms with Gasteiger partial charge in [0.05, 0.1) is 15.9 Å². The van der Waals surface area contributed by atoms with Crippen LogP contribution >= 0.6 is 15.9 Å². The van der Waals surface area contributed by atoms with E-state index in [1.807, 2.05) is 48.9 Å². The molecule has 5 nitrogen and oxygen atoms in total. The number of nitrogens with one attached hydrogen (secondary N) is 1. The van der Waals surface area contributed by atoms with E-state index in [9.17, 15) is 9.18 Å². The summed E-state index contributed by atoms with van der Waals surface area (Å²) < 4.78 is 20.8. The van der Waals surface area contributed by atoms with Crippen LogP contribution in [0.4, 0.5) is 4.39 Å². The van der Waals surface area contributed by atoms with Crippen LogP contribution in [0.1, 0.15) is 17.0 Å². The molecule has 1 aromatic heterocycles. The third-order valence-electron chi connectivity index (χ3n) is 4.18. The molecular weight excluding hydrogens is 425 g/mol. The molecule has 0 atom stereocenters. The lowest BCUT2D eigenvalue weighted by Crippen LogP contribution is -2.30. The number of nitrogens with zero attached hydrogens (tertiary/aromatic N) is 2. The van der Waals surface area contributed by atoms with Crippen molar-refractivity contribution >= 4 is 21.8 Å². The van der Waals surface area contributed by atoms with Gasteiger partial charge in [-0.15, -0.1) is 0 Å². The Morgan fingerprint density at radius 1 is 1.18 bits per heavy atom. The highest BCUT2D eigenvalue weighted by atomic mass is 79.9. The van der Waals surface area contributed by atoms with Gasteiger partial charge in [0.15, 0.2) is 6.61 Å². The van der Waals surface area contributed by atoms with Crippen LogP contribution in [0.15, 0.2) is 53.0 Å². The van der Waals surface area contributed by atoms with Gasteiger partial charge >= 0.3 is 0 Å². The molecule has 7 heteroatoms. The van der Waals surface area contributed by atoms with Gasteiger partial charge in [-0.1, -0.05) is 12.1 Å². The Kier molecular flexibility index (Phi) is 6.46. The summed E-state index contributed by atoms with van der Waals surface area (Å²) in [4.78, 5) is 11.9. The summed E-state index contributed by atoms with van der Waals surface area (Å²) in [5, 5.41) is 7.29. The van der Waals surface area contributed by atoms with Crippen LogP contribution in [0.3, 0.4) is 0 Å². The summed E-state index contributed by atoms with van der Waals surface area (Å²) in [5.74, 6) is -0.167. The van der Waals surface area contributed by atoms with E-state index in [1.54, 1.807) is 0 Å². The van der Waals surface area contributed by atoms with E-state index in [4.69, 9.17) is 4.74 Å². The van der Waals surface area contributed by atoms with E-state index >= 15 is 0 Å². The Bertz CT molecular complexity index is 970. The van der Waals surface area contributed by atoms with Crippen molar-refractivity contribution in [3.05, 3.63) is 75.8 Å². The predicted molar refractivity (Wildman–Crippen MR) is 109 cm³/mol. The molecule has 0 aliphatic heterocycles. The Morgan fingerprint density at radius 2 is 1.93 bits per heavy atom. The molecule has 3 rings (SSSR count). The number of aryl methyl sites for hydroxylation is 2. The molecule has 0 saturated heterocycles. The number of hydrogen-bond acceptors (Lipinski definition) is 3. The van der Waals surface area contributed by atoms with Crippen molar-refractivity contribution in [2.75, 3.05) is 13.2 Å².